The molecule has 1 saturated heterocycles. The summed E-state index contributed by atoms with van der Waals surface area (Å²) in [5, 5.41) is 0. The number of amides is 2. The van der Waals surface area contributed by atoms with Crippen molar-refractivity contribution < 1.29 is 14.3 Å². The van der Waals surface area contributed by atoms with Crippen molar-refractivity contribution in [2.45, 2.75) is 6.92 Å². The van der Waals surface area contributed by atoms with Gasteiger partial charge >= 0.3 is 6.09 Å². The van der Waals surface area contributed by atoms with Gasteiger partial charge < -0.3 is 19.4 Å². The quantitative estimate of drug-likeness (QED) is 0.821. The normalized spacial score (nSPS) is 14.0. The molecule has 2 heterocycles. The molecule has 0 spiro atoms. The Balaban J connectivity index is 1.61. The van der Waals surface area contributed by atoms with Crippen molar-refractivity contribution in [3.63, 3.8) is 0 Å². The zero-order chi connectivity index (χ0) is 19.2. The van der Waals surface area contributed by atoms with Gasteiger partial charge in [-0.3, -0.25) is 4.79 Å². The lowest BCUT2D eigenvalue weighted by atomic mass is 10.3. The number of carbonyl (C=O) groups is 2. The number of piperazine rings is 1. The zero-order valence-corrected chi connectivity index (χ0v) is 15.5. The molecule has 1 aromatic carbocycles. The van der Waals surface area contributed by atoms with E-state index in [-0.39, 0.29) is 17.7 Å². The standard InChI is InChI=1S/C19H23N5O3/c1-3-27-19(26)24-11-9-23(10-12-24)17-14-20-16(13-21-17)18(25)22(2)15-7-5-4-6-8-15/h4-8,13-14H,3,9-12H2,1-2H3. The SMILES string of the molecule is CCOC(=O)N1CCN(c2cnc(C(=O)N(C)c3ccccc3)cn2)CC1. The highest BCUT2D eigenvalue weighted by molar-refractivity contribution is 6.04. The number of carbonyl (C=O) groups excluding carboxylic acids is 2. The largest absolute Gasteiger partial charge is 0.450 e. The molecule has 0 radical (unpaired) electrons. The van der Waals surface area contributed by atoms with Crippen LogP contribution in [0.4, 0.5) is 16.3 Å². The van der Waals surface area contributed by atoms with Crippen LogP contribution in [-0.2, 0) is 4.74 Å². The lowest BCUT2D eigenvalue weighted by Gasteiger charge is -2.34. The van der Waals surface area contributed by atoms with Crippen LogP contribution in [0.3, 0.4) is 0 Å². The van der Waals surface area contributed by atoms with Crippen molar-refractivity contribution >= 4 is 23.5 Å². The summed E-state index contributed by atoms with van der Waals surface area (Å²) in [5.41, 5.74) is 1.08. The van der Waals surface area contributed by atoms with Gasteiger partial charge in [-0.15, -0.1) is 0 Å². The number of rotatable bonds is 4. The number of para-hydroxylation sites is 1. The predicted octanol–water partition coefficient (Wildman–Crippen LogP) is 2.03. The van der Waals surface area contributed by atoms with Crippen LogP contribution in [0.1, 0.15) is 17.4 Å². The summed E-state index contributed by atoms with van der Waals surface area (Å²) in [6, 6.07) is 9.39. The third-order valence-corrected chi connectivity index (χ3v) is 4.44. The Morgan fingerprint density at radius 1 is 1.07 bits per heavy atom. The first-order valence-electron chi connectivity index (χ1n) is 8.92. The second-order valence-electron chi connectivity index (χ2n) is 6.13. The molecule has 2 aromatic rings. The Morgan fingerprint density at radius 3 is 2.37 bits per heavy atom. The van der Waals surface area contributed by atoms with E-state index in [1.54, 1.807) is 30.0 Å². The Kier molecular flexibility index (Phi) is 5.85. The molecule has 1 aliphatic rings. The third kappa shape index (κ3) is 4.33. The molecule has 8 heteroatoms. The van der Waals surface area contributed by atoms with Crippen LogP contribution >= 0.6 is 0 Å². The number of hydrogen-bond donors (Lipinski definition) is 0. The van der Waals surface area contributed by atoms with Gasteiger partial charge in [-0.05, 0) is 19.1 Å². The van der Waals surface area contributed by atoms with Gasteiger partial charge in [-0.2, -0.15) is 0 Å². The Bertz CT molecular complexity index is 774. The van der Waals surface area contributed by atoms with Crippen molar-refractivity contribution in [3.05, 3.63) is 48.4 Å². The summed E-state index contributed by atoms with van der Waals surface area (Å²) >= 11 is 0. The molecule has 1 aromatic heterocycles. The minimum absolute atomic E-state index is 0.215. The van der Waals surface area contributed by atoms with E-state index in [1.165, 1.54) is 6.20 Å². The summed E-state index contributed by atoms with van der Waals surface area (Å²) < 4.78 is 5.02. The summed E-state index contributed by atoms with van der Waals surface area (Å²) in [6.45, 7) is 4.59. The summed E-state index contributed by atoms with van der Waals surface area (Å²) in [6.07, 6.45) is 2.81. The Morgan fingerprint density at radius 2 is 1.78 bits per heavy atom. The van der Waals surface area contributed by atoms with E-state index in [0.29, 0.717) is 38.6 Å². The number of anilines is 2. The van der Waals surface area contributed by atoms with Crippen LogP contribution in [0.5, 0.6) is 0 Å². The van der Waals surface area contributed by atoms with Crippen LogP contribution < -0.4 is 9.80 Å². The lowest BCUT2D eigenvalue weighted by molar-refractivity contribution is 0.0986. The number of nitrogens with zero attached hydrogens (tertiary/aromatic N) is 5. The van der Waals surface area contributed by atoms with Crippen molar-refractivity contribution in [1.82, 2.24) is 14.9 Å². The maximum atomic E-state index is 12.6. The molecule has 8 nitrogen and oxygen atoms in total. The molecule has 2 amide bonds. The van der Waals surface area contributed by atoms with Gasteiger partial charge in [0.25, 0.3) is 5.91 Å². The first-order chi connectivity index (χ1) is 13.1. The molecule has 0 N–H and O–H groups in total. The molecule has 3 rings (SSSR count). The lowest BCUT2D eigenvalue weighted by Crippen LogP contribution is -2.49. The Hall–Kier alpha value is -3.16. The second kappa shape index (κ2) is 8.48. The van der Waals surface area contributed by atoms with Gasteiger partial charge in [-0.1, -0.05) is 18.2 Å². The molecule has 0 atom stereocenters. The zero-order valence-electron chi connectivity index (χ0n) is 15.5. The molecular weight excluding hydrogens is 346 g/mol. The number of benzene rings is 1. The fraction of sp³-hybridized carbons (Fsp3) is 0.368. The highest BCUT2D eigenvalue weighted by Gasteiger charge is 2.23. The van der Waals surface area contributed by atoms with Gasteiger partial charge in [0.15, 0.2) is 0 Å². The number of aromatic nitrogens is 2. The van der Waals surface area contributed by atoms with E-state index in [4.69, 9.17) is 4.74 Å². The van der Waals surface area contributed by atoms with Crippen LogP contribution in [0, 0.1) is 0 Å². The van der Waals surface area contributed by atoms with E-state index in [0.717, 1.165) is 5.69 Å². The van der Waals surface area contributed by atoms with Crippen molar-refractivity contribution in [1.29, 1.82) is 0 Å². The third-order valence-electron chi connectivity index (χ3n) is 4.44. The number of hydrogen-bond acceptors (Lipinski definition) is 6. The summed E-state index contributed by atoms with van der Waals surface area (Å²) in [7, 11) is 1.71. The predicted molar refractivity (Wildman–Crippen MR) is 102 cm³/mol. The molecule has 0 saturated carbocycles. The molecule has 0 unspecified atom stereocenters. The van der Waals surface area contributed by atoms with Crippen molar-refractivity contribution in [2.24, 2.45) is 0 Å². The molecule has 1 fully saturated rings. The molecule has 0 bridgehead atoms. The average molecular weight is 369 g/mol. The monoisotopic (exact) mass is 369 g/mol. The van der Waals surface area contributed by atoms with E-state index in [2.05, 4.69) is 9.97 Å². The minimum atomic E-state index is -0.284. The summed E-state index contributed by atoms with van der Waals surface area (Å²) in [5.74, 6) is 0.477. The fourth-order valence-corrected chi connectivity index (χ4v) is 2.87. The first-order valence-corrected chi connectivity index (χ1v) is 8.92. The van der Waals surface area contributed by atoms with Crippen molar-refractivity contribution in [3.8, 4) is 0 Å². The van der Waals surface area contributed by atoms with Crippen LogP contribution in [0.15, 0.2) is 42.7 Å². The van der Waals surface area contributed by atoms with Crippen LogP contribution in [0.2, 0.25) is 0 Å². The number of ether oxygens (including phenoxy) is 1. The average Bonchev–Trinajstić information content (AvgIpc) is 2.74. The Labute approximate surface area is 158 Å². The minimum Gasteiger partial charge on any atom is -0.450 e. The fourth-order valence-electron chi connectivity index (χ4n) is 2.87. The van der Waals surface area contributed by atoms with Gasteiger partial charge in [0, 0.05) is 38.9 Å². The van der Waals surface area contributed by atoms with Gasteiger partial charge in [0.2, 0.25) is 0 Å². The van der Waals surface area contributed by atoms with E-state index in [9.17, 15) is 9.59 Å². The van der Waals surface area contributed by atoms with E-state index in [1.807, 2.05) is 35.2 Å². The maximum Gasteiger partial charge on any atom is 0.409 e. The van der Waals surface area contributed by atoms with Crippen LogP contribution in [0.25, 0.3) is 0 Å². The van der Waals surface area contributed by atoms with Gasteiger partial charge in [0.1, 0.15) is 11.5 Å². The van der Waals surface area contributed by atoms with Gasteiger partial charge in [0.05, 0.1) is 19.0 Å². The maximum absolute atomic E-state index is 12.6. The topological polar surface area (TPSA) is 78.9 Å². The van der Waals surface area contributed by atoms with E-state index < -0.39 is 0 Å². The highest BCUT2D eigenvalue weighted by Crippen LogP contribution is 2.16. The smallest absolute Gasteiger partial charge is 0.409 e. The molecule has 142 valence electrons. The molecule has 1 aliphatic heterocycles. The molecular formula is C19H23N5O3. The second-order valence-corrected chi connectivity index (χ2v) is 6.13. The summed E-state index contributed by atoms with van der Waals surface area (Å²) in [4.78, 5) is 38.3. The highest BCUT2D eigenvalue weighted by atomic mass is 16.6. The van der Waals surface area contributed by atoms with Crippen LogP contribution in [-0.4, -0.2) is 66.7 Å². The molecule has 27 heavy (non-hydrogen) atoms. The van der Waals surface area contributed by atoms with E-state index >= 15 is 0 Å². The first kappa shape index (κ1) is 18.6. The van der Waals surface area contributed by atoms with Gasteiger partial charge in [-0.25, -0.2) is 14.8 Å². The van der Waals surface area contributed by atoms with Crippen molar-refractivity contribution in [2.75, 3.05) is 49.6 Å². The molecule has 0 aliphatic carbocycles.